The number of fused-ring (bicyclic) bond motifs is 1. The molecule has 0 aliphatic carbocycles. The first kappa shape index (κ1) is 16.6. The Morgan fingerprint density at radius 1 is 1.12 bits per heavy atom. The largest absolute Gasteiger partial charge is 0.497 e. The van der Waals surface area contributed by atoms with Gasteiger partial charge in [0.05, 0.1) is 26.9 Å². The first-order valence-corrected chi connectivity index (χ1v) is 8.99. The second-order valence-corrected chi connectivity index (χ2v) is 7.05. The van der Waals surface area contributed by atoms with Crippen molar-refractivity contribution >= 4 is 10.0 Å². The smallest absolute Gasteiger partial charge is 0.244 e. The van der Waals surface area contributed by atoms with E-state index in [4.69, 9.17) is 14.2 Å². The zero-order chi connectivity index (χ0) is 17.2. The molecule has 2 aromatic carbocycles. The van der Waals surface area contributed by atoms with Crippen LogP contribution in [0.15, 0.2) is 47.4 Å². The zero-order valence-corrected chi connectivity index (χ0v) is 14.3. The van der Waals surface area contributed by atoms with E-state index >= 15 is 0 Å². The van der Waals surface area contributed by atoms with Crippen molar-refractivity contribution in [3.05, 3.63) is 48.0 Å². The van der Waals surface area contributed by atoms with Crippen LogP contribution in [0.5, 0.6) is 17.2 Å². The summed E-state index contributed by atoms with van der Waals surface area (Å²) in [6.07, 6.45) is 0.558. The van der Waals surface area contributed by atoms with Gasteiger partial charge >= 0.3 is 0 Å². The molecule has 0 unspecified atom stereocenters. The molecule has 1 heterocycles. The van der Waals surface area contributed by atoms with Crippen LogP contribution in [0.2, 0.25) is 0 Å². The highest BCUT2D eigenvalue weighted by Gasteiger charge is 2.28. The predicted molar refractivity (Wildman–Crippen MR) is 89.2 cm³/mol. The van der Waals surface area contributed by atoms with Crippen LogP contribution in [0.1, 0.15) is 18.0 Å². The fraction of sp³-hybridized carbons (Fsp3) is 0.294. The molecule has 0 aromatic heterocycles. The summed E-state index contributed by atoms with van der Waals surface area (Å²) in [6.45, 7) is 0.458. The minimum absolute atomic E-state index is 0.0494. The van der Waals surface area contributed by atoms with Crippen LogP contribution in [0.25, 0.3) is 0 Å². The van der Waals surface area contributed by atoms with Crippen molar-refractivity contribution in [3.8, 4) is 17.2 Å². The molecule has 1 aliphatic heterocycles. The highest BCUT2D eigenvalue weighted by molar-refractivity contribution is 7.89. The number of sulfonamides is 1. The number of hydrogen-bond acceptors (Lipinski definition) is 5. The van der Waals surface area contributed by atoms with Crippen molar-refractivity contribution in [2.75, 3.05) is 20.8 Å². The van der Waals surface area contributed by atoms with E-state index in [0.717, 1.165) is 5.56 Å². The van der Waals surface area contributed by atoms with Gasteiger partial charge in [-0.1, -0.05) is 18.2 Å². The van der Waals surface area contributed by atoms with Crippen molar-refractivity contribution < 1.29 is 22.6 Å². The molecule has 128 valence electrons. The Morgan fingerprint density at radius 2 is 1.92 bits per heavy atom. The molecule has 1 aliphatic rings. The predicted octanol–water partition coefficient (Wildman–Crippen LogP) is 2.51. The number of hydrogen-bond donors (Lipinski definition) is 1. The lowest BCUT2D eigenvalue weighted by Gasteiger charge is -2.26. The van der Waals surface area contributed by atoms with Gasteiger partial charge in [0.2, 0.25) is 10.0 Å². The second-order valence-electron chi connectivity index (χ2n) is 5.37. The van der Waals surface area contributed by atoms with Crippen LogP contribution < -0.4 is 18.9 Å². The molecule has 7 heteroatoms. The van der Waals surface area contributed by atoms with Gasteiger partial charge in [-0.2, -0.15) is 0 Å². The minimum Gasteiger partial charge on any atom is -0.497 e. The Hall–Kier alpha value is -2.25. The van der Waals surface area contributed by atoms with Gasteiger partial charge in [-0.05, 0) is 18.2 Å². The Labute approximate surface area is 141 Å². The summed E-state index contributed by atoms with van der Waals surface area (Å²) in [6, 6.07) is 11.8. The molecule has 2 aromatic rings. The molecule has 1 atom stereocenters. The topological polar surface area (TPSA) is 73.9 Å². The zero-order valence-electron chi connectivity index (χ0n) is 13.5. The second kappa shape index (κ2) is 6.70. The number of benzene rings is 2. The number of ether oxygens (including phenoxy) is 3. The van der Waals surface area contributed by atoms with E-state index in [9.17, 15) is 8.42 Å². The molecule has 0 saturated carbocycles. The average Bonchev–Trinajstić information content (AvgIpc) is 2.61. The quantitative estimate of drug-likeness (QED) is 0.898. The molecule has 0 fully saturated rings. The Kier molecular flexibility index (Phi) is 4.64. The molecular weight excluding hydrogens is 330 g/mol. The highest BCUT2D eigenvalue weighted by atomic mass is 32.2. The maximum absolute atomic E-state index is 12.9. The fourth-order valence-electron chi connectivity index (χ4n) is 2.71. The van der Waals surface area contributed by atoms with Gasteiger partial charge in [-0.3, -0.25) is 0 Å². The first-order chi connectivity index (χ1) is 11.5. The molecular formula is C17H19NO5S. The van der Waals surface area contributed by atoms with Gasteiger partial charge in [0.25, 0.3) is 0 Å². The standard InChI is InChI=1S/C17H19NO5S/c1-21-12-7-8-16(22-2)17(11-12)24(19,20)18-14-9-10-23-15-6-4-3-5-13(14)15/h3-8,11,14,18H,9-10H2,1-2H3/t14-/m0/s1. The van der Waals surface area contributed by atoms with Crippen LogP contribution in [0, 0.1) is 0 Å². The van der Waals surface area contributed by atoms with Crippen molar-refractivity contribution in [1.29, 1.82) is 0 Å². The molecule has 6 nitrogen and oxygen atoms in total. The van der Waals surface area contributed by atoms with E-state index in [0.29, 0.717) is 24.5 Å². The number of methoxy groups -OCH3 is 2. The first-order valence-electron chi connectivity index (χ1n) is 7.51. The van der Waals surface area contributed by atoms with Crippen molar-refractivity contribution in [3.63, 3.8) is 0 Å². The van der Waals surface area contributed by atoms with E-state index in [1.165, 1.54) is 20.3 Å². The average molecular weight is 349 g/mol. The molecule has 0 bridgehead atoms. The molecule has 24 heavy (non-hydrogen) atoms. The van der Waals surface area contributed by atoms with E-state index in [1.807, 2.05) is 24.3 Å². The minimum atomic E-state index is -3.79. The maximum Gasteiger partial charge on any atom is 0.244 e. The molecule has 0 saturated heterocycles. The number of rotatable bonds is 5. The third kappa shape index (κ3) is 3.18. The molecule has 0 spiro atoms. The summed E-state index contributed by atoms with van der Waals surface area (Å²) in [5.41, 5.74) is 0.828. The lowest BCUT2D eigenvalue weighted by Crippen LogP contribution is -2.32. The Morgan fingerprint density at radius 3 is 2.67 bits per heavy atom. The van der Waals surface area contributed by atoms with Crippen LogP contribution in [0.4, 0.5) is 0 Å². The van der Waals surface area contributed by atoms with E-state index in [2.05, 4.69) is 4.72 Å². The third-order valence-electron chi connectivity index (χ3n) is 3.92. The molecule has 0 radical (unpaired) electrons. The molecule has 0 amide bonds. The van der Waals surface area contributed by atoms with Gasteiger partial charge in [0.1, 0.15) is 22.1 Å². The van der Waals surface area contributed by atoms with Crippen LogP contribution in [-0.2, 0) is 10.0 Å². The van der Waals surface area contributed by atoms with Crippen LogP contribution in [-0.4, -0.2) is 29.2 Å². The van der Waals surface area contributed by atoms with Gasteiger partial charge in [0.15, 0.2) is 0 Å². The van der Waals surface area contributed by atoms with Gasteiger partial charge in [-0.15, -0.1) is 0 Å². The molecule has 3 rings (SSSR count). The van der Waals surface area contributed by atoms with Crippen molar-refractivity contribution in [2.24, 2.45) is 0 Å². The Bertz CT molecular complexity index is 835. The fourth-order valence-corrected chi connectivity index (χ4v) is 4.14. The van der Waals surface area contributed by atoms with Crippen LogP contribution >= 0.6 is 0 Å². The SMILES string of the molecule is COc1ccc(OC)c(S(=O)(=O)N[C@H]2CCOc3ccccc32)c1. The number of nitrogens with one attached hydrogen (secondary N) is 1. The summed E-state index contributed by atoms with van der Waals surface area (Å²) in [5, 5.41) is 0. The van der Waals surface area contributed by atoms with Gasteiger partial charge in [-0.25, -0.2) is 13.1 Å². The normalized spacial score (nSPS) is 16.8. The monoisotopic (exact) mass is 349 g/mol. The highest BCUT2D eigenvalue weighted by Crippen LogP contribution is 2.34. The van der Waals surface area contributed by atoms with Gasteiger partial charge < -0.3 is 14.2 Å². The lowest BCUT2D eigenvalue weighted by molar-refractivity contribution is 0.263. The summed E-state index contributed by atoms with van der Waals surface area (Å²) in [7, 11) is -0.867. The van der Waals surface area contributed by atoms with Gasteiger partial charge in [0, 0.05) is 18.1 Å². The third-order valence-corrected chi connectivity index (χ3v) is 5.41. The maximum atomic E-state index is 12.9. The van der Waals surface area contributed by atoms with E-state index < -0.39 is 10.0 Å². The lowest BCUT2D eigenvalue weighted by atomic mass is 10.0. The van der Waals surface area contributed by atoms with Crippen molar-refractivity contribution in [1.82, 2.24) is 4.72 Å². The van der Waals surface area contributed by atoms with Crippen LogP contribution in [0.3, 0.4) is 0 Å². The van der Waals surface area contributed by atoms with E-state index in [-0.39, 0.29) is 16.7 Å². The summed E-state index contributed by atoms with van der Waals surface area (Å²) in [4.78, 5) is 0.0494. The number of para-hydroxylation sites is 1. The summed E-state index contributed by atoms with van der Waals surface area (Å²) >= 11 is 0. The summed E-state index contributed by atoms with van der Waals surface area (Å²) < 4.78 is 44.4. The molecule has 1 N–H and O–H groups in total. The Balaban J connectivity index is 1.96. The summed E-state index contributed by atoms with van der Waals surface area (Å²) in [5.74, 6) is 1.42. The van der Waals surface area contributed by atoms with E-state index in [1.54, 1.807) is 12.1 Å². The van der Waals surface area contributed by atoms with Crippen molar-refractivity contribution in [2.45, 2.75) is 17.4 Å².